The molecule has 1 aliphatic rings. The van der Waals surface area contributed by atoms with Crippen molar-refractivity contribution in [3.05, 3.63) is 29.8 Å². The molecule has 112 valence electrons. The average Bonchev–Trinajstić information content (AvgIpc) is 2.45. The van der Waals surface area contributed by atoms with Crippen molar-refractivity contribution in [2.75, 3.05) is 43.4 Å². The SMILES string of the molecule is Cc1cccc(N2CCN(CC(CS)C(C)C)CC2)c1. The molecule has 1 aromatic carbocycles. The second kappa shape index (κ2) is 7.37. The lowest BCUT2D eigenvalue weighted by Gasteiger charge is -2.38. The van der Waals surface area contributed by atoms with Crippen molar-refractivity contribution in [1.29, 1.82) is 0 Å². The summed E-state index contributed by atoms with van der Waals surface area (Å²) in [5.74, 6) is 2.43. The van der Waals surface area contributed by atoms with Gasteiger partial charge in [-0.15, -0.1) is 0 Å². The highest BCUT2D eigenvalue weighted by Crippen LogP contribution is 2.20. The highest BCUT2D eigenvalue weighted by atomic mass is 32.1. The van der Waals surface area contributed by atoms with Gasteiger partial charge in [-0.2, -0.15) is 12.6 Å². The van der Waals surface area contributed by atoms with Gasteiger partial charge in [0.05, 0.1) is 0 Å². The number of rotatable bonds is 5. The zero-order valence-electron chi connectivity index (χ0n) is 13.0. The number of piperazine rings is 1. The largest absolute Gasteiger partial charge is 0.369 e. The second-order valence-electron chi connectivity index (χ2n) is 6.31. The maximum atomic E-state index is 4.50. The standard InChI is InChI=1S/C17H28N2S/c1-14(2)16(13-20)12-18-7-9-19(10-8-18)17-6-4-5-15(3)11-17/h4-6,11,14,16,20H,7-10,12-13H2,1-3H3. The van der Waals surface area contributed by atoms with Gasteiger partial charge >= 0.3 is 0 Å². The van der Waals surface area contributed by atoms with Crippen LogP contribution in [0.2, 0.25) is 0 Å². The van der Waals surface area contributed by atoms with E-state index in [1.54, 1.807) is 0 Å². The van der Waals surface area contributed by atoms with Crippen molar-refractivity contribution in [3.63, 3.8) is 0 Å². The van der Waals surface area contributed by atoms with E-state index in [0.29, 0.717) is 5.92 Å². The zero-order chi connectivity index (χ0) is 14.5. The number of benzene rings is 1. The van der Waals surface area contributed by atoms with E-state index >= 15 is 0 Å². The Morgan fingerprint density at radius 2 is 1.85 bits per heavy atom. The number of anilines is 1. The van der Waals surface area contributed by atoms with Gasteiger partial charge in [0.1, 0.15) is 0 Å². The summed E-state index contributed by atoms with van der Waals surface area (Å²) in [4.78, 5) is 5.11. The topological polar surface area (TPSA) is 6.48 Å². The van der Waals surface area contributed by atoms with Crippen LogP contribution in [0, 0.1) is 18.8 Å². The Kier molecular flexibility index (Phi) is 5.79. The fourth-order valence-corrected chi connectivity index (χ4v) is 3.36. The van der Waals surface area contributed by atoms with Crippen LogP contribution in [0.3, 0.4) is 0 Å². The van der Waals surface area contributed by atoms with Crippen molar-refractivity contribution >= 4 is 18.3 Å². The highest BCUT2D eigenvalue weighted by Gasteiger charge is 2.21. The van der Waals surface area contributed by atoms with E-state index < -0.39 is 0 Å². The van der Waals surface area contributed by atoms with Crippen molar-refractivity contribution in [1.82, 2.24) is 4.90 Å². The molecule has 0 bridgehead atoms. The summed E-state index contributed by atoms with van der Waals surface area (Å²) in [6, 6.07) is 8.85. The first-order chi connectivity index (χ1) is 9.60. The molecule has 1 unspecified atom stereocenters. The van der Waals surface area contributed by atoms with Crippen molar-refractivity contribution in [2.24, 2.45) is 11.8 Å². The average molecular weight is 292 g/mol. The van der Waals surface area contributed by atoms with Gasteiger partial charge < -0.3 is 4.90 Å². The van der Waals surface area contributed by atoms with E-state index in [1.165, 1.54) is 30.9 Å². The minimum Gasteiger partial charge on any atom is -0.369 e. The Hall–Kier alpha value is -0.670. The van der Waals surface area contributed by atoms with Crippen LogP contribution in [-0.4, -0.2) is 43.4 Å². The molecular formula is C17H28N2S. The van der Waals surface area contributed by atoms with Gasteiger partial charge in [0.25, 0.3) is 0 Å². The first-order valence-electron chi connectivity index (χ1n) is 7.75. The second-order valence-corrected chi connectivity index (χ2v) is 6.68. The van der Waals surface area contributed by atoms with E-state index in [-0.39, 0.29) is 0 Å². The smallest absolute Gasteiger partial charge is 0.0369 e. The Morgan fingerprint density at radius 1 is 1.15 bits per heavy atom. The van der Waals surface area contributed by atoms with Gasteiger partial charge in [-0.1, -0.05) is 26.0 Å². The first kappa shape index (κ1) is 15.7. The van der Waals surface area contributed by atoms with Crippen LogP contribution in [0.5, 0.6) is 0 Å². The lowest BCUT2D eigenvalue weighted by atomic mass is 9.97. The third kappa shape index (κ3) is 4.16. The Balaban J connectivity index is 1.86. The summed E-state index contributed by atoms with van der Waals surface area (Å²) in [5.41, 5.74) is 2.72. The summed E-state index contributed by atoms with van der Waals surface area (Å²) in [5, 5.41) is 0. The molecule has 0 saturated carbocycles. The van der Waals surface area contributed by atoms with Gasteiger partial charge in [-0.05, 0) is 42.2 Å². The number of aryl methyl sites for hydroxylation is 1. The Labute approximate surface area is 129 Å². The molecular weight excluding hydrogens is 264 g/mol. The molecule has 1 saturated heterocycles. The summed E-state index contributed by atoms with van der Waals surface area (Å²) < 4.78 is 0. The van der Waals surface area contributed by atoms with E-state index in [2.05, 4.69) is 67.5 Å². The minimum atomic E-state index is 0.712. The fourth-order valence-electron chi connectivity index (χ4n) is 2.82. The maximum absolute atomic E-state index is 4.50. The zero-order valence-corrected chi connectivity index (χ0v) is 13.9. The van der Waals surface area contributed by atoms with E-state index in [1.807, 2.05) is 0 Å². The minimum absolute atomic E-state index is 0.712. The normalized spacial score (nSPS) is 18.6. The molecule has 20 heavy (non-hydrogen) atoms. The molecule has 1 aliphatic heterocycles. The molecule has 0 N–H and O–H groups in total. The lowest BCUT2D eigenvalue weighted by molar-refractivity contribution is 0.204. The van der Waals surface area contributed by atoms with Gasteiger partial charge in [0, 0.05) is 38.4 Å². The number of hydrogen-bond donors (Lipinski definition) is 1. The van der Waals surface area contributed by atoms with Crippen LogP contribution in [-0.2, 0) is 0 Å². The first-order valence-corrected chi connectivity index (χ1v) is 8.38. The quantitative estimate of drug-likeness (QED) is 0.832. The molecule has 0 amide bonds. The predicted octanol–water partition coefficient (Wildman–Crippen LogP) is 3.32. The van der Waals surface area contributed by atoms with Crippen molar-refractivity contribution in [3.8, 4) is 0 Å². The Bertz CT molecular complexity index is 411. The molecule has 1 atom stereocenters. The molecule has 1 aromatic rings. The Morgan fingerprint density at radius 3 is 2.40 bits per heavy atom. The lowest BCUT2D eigenvalue weighted by Crippen LogP contribution is -2.48. The molecule has 0 spiro atoms. The molecule has 0 aromatic heterocycles. The molecule has 0 radical (unpaired) electrons. The van der Waals surface area contributed by atoms with Gasteiger partial charge in [0.2, 0.25) is 0 Å². The van der Waals surface area contributed by atoms with Crippen LogP contribution >= 0.6 is 12.6 Å². The van der Waals surface area contributed by atoms with Crippen LogP contribution in [0.1, 0.15) is 19.4 Å². The van der Waals surface area contributed by atoms with Gasteiger partial charge in [-0.3, -0.25) is 4.90 Å². The molecule has 2 rings (SSSR count). The molecule has 2 nitrogen and oxygen atoms in total. The molecule has 0 aliphatic carbocycles. The molecule has 3 heteroatoms. The number of nitrogens with zero attached hydrogens (tertiary/aromatic N) is 2. The predicted molar refractivity (Wildman–Crippen MR) is 92.0 cm³/mol. The van der Waals surface area contributed by atoms with E-state index in [4.69, 9.17) is 0 Å². The third-order valence-electron chi connectivity index (χ3n) is 4.41. The van der Waals surface area contributed by atoms with Crippen LogP contribution < -0.4 is 4.90 Å². The van der Waals surface area contributed by atoms with Gasteiger partial charge in [-0.25, -0.2) is 0 Å². The maximum Gasteiger partial charge on any atom is 0.0369 e. The van der Waals surface area contributed by atoms with Crippen LogP contribution in [0.25, 0.3) is 0 Å². The van der Waals surface area contributed by atoms with Gasteiger partial charge in [0.15, 0.2) is 0 Å². The summed E-state index contributed by atoms with van der Waals surface area (Å²) in [7, 11) is 0. The van der Waals surface area contributed by atoms with Crippen molar-refractivity contribution < 1.29 is 0 Å². The molecule has 1 fully saturated rings. The number of hydrogen-bond acceptors (Lipinski definition) is 3. The number of thiol groups is 1. The summed E-state index contributed by atoms with van der Waals surface area (Å²) >= 11 is 4.50. The fraction of sp³-hybridized carbons (Fsp3) is 0.647. The van der Waals surface area contributed by atoms with E-state index in [9.17, 15) is 0 Å². The molecule has 1 heterocycles. The monoisotopic (exact) mass is 292 g/mol. The summed E-state index contributed by atoms with van der Waals surface area (Å²) in [6.07, 6.45) is 0. The van der Waals surface area contributed by atoms with Crippen LogP contribution in [0.4, 0.5) is 5.69 Å². The van der Waals surface area contributed by atoms with Crippen molar-refractivity contribution in [2.45, 2.75) is 20.8 Å². The van der Waals surface area contributed by atoms with Crippen LogP contribution in [0.15, 0.2) is 24.3 Å². The third-order valence-corrected chi connectivity index (χ3v) is 4.88. The van der Waals surface area contributed by atoms with E-state index in [0.717, 1.165) is 24.8 Å². The highest BCUT2D eigenvalue weighted by molar-refractivity contribution is 7.80. The summed E-state index contributed by atoms with van der Waals surface area (Å²) in [6.45, 7) is 12.6.